The highest BCUT2D eigenvalue weighted by molar-refractivity contribution is 6.34. The summed E-state index contributed by atoms with van der Waals surface area (Å²) in [5, 5.41) is 0.291. The molecule has 0 heterocycles. The molecule has 0 aliphatic rings. The Morgan fingerprint density at radius 3 is 2.59 bits per heavy atom. The molecule has 0 amide bonds. The monoisotopic (exact) mass is 257 g/mol. The maximum atomic E-state index is 13.5. The van der Waals surface area contributed by atoms with Crippen LogP contribution in [0.1, 0.15) is 36.2 Å². The van der Waals surface area contributed by atoms with Crippen LogP contribution in [-0.4, -0.2) is 12.3 Å². The van der Waals surface area contributed by atoms with E-state index in [2.05, 4.69) is 0 Å². The van der Waals surface area contributed by atoms with Gasteiger partial charge >= 0.3 is 0 Å². The van der Waals surface area contributed by atoms with E-state index in [0.717, 1.165) is 0 Å². The van der Waals surface area contributed by atoms with Gasteiger partial charge in [-0.05, 0) is 37.6 Å². The summed E-state index contributed by atoms with van der Waals surface area (Å²) in [5.74, 6) is -0.590. The average Bonchev–Trinajstić information content (AvgIpc) is 2.22. The Kier molecular flexibility index (Phi) is 4.28. The van der Waals surface area contributed by atoms with Crippen molar-refractivity contribution >= 4 is 17.4 Å². The Balaban J connectivity index is 3.17. The van der Waals surface area contributed by atoms with Gasteiger partial charge in [0.2, 0.25) is 0 Å². The van der Waals surface area contributed by atoms with Gasteiger partial charge in [0.15, 0.2) is 5.78 Å². The number of aryl methyl sites for hydroxylation is 1. The molecule has 0 aromatic heterocycles. The SMILES string of the molecule is Cc1cc(Cl)c(C(=O)C(C)(C)CCN)cc1F. The van der Waals surface area contributed by atoms with E-state index >= 15 is 0 Å². The van der Waals surface area contributed by atoms with Crippen LogP contribution in [0, 0.1) is 18.2 Å². The topological polar surface area (TPSA) is 43.1 Å². The van der Waals surface area contributed by atoms with Gasteiger partial charge in [0.05, 0.1) is 5.02 Å². The fraction of sp³-hybridized carbons (Fsp3) is 0.462. The molecule has 17 heavy (non-hydrogen) atoms. The lowest BCUT2D eigenvalue weighted by molar-refractivity contribution is 0.0829. The van der Waals surface area contributed by atoms with E-state index in [1.54, 1.807) is 20.8 Å². The molecule has 0 saturated heterocycles. The molecule has 94 valence electrons. The van der Waals surface area contributed by atoms with E-state index < -0.39 is 11.2 Å². The van der Waals surface area contributed by atoms with E-state index in [-0.39, 0.29) is 11.3 Å². The molecular weight excluding hydrogens is 241 g/mol. The first-order valence-corrected chi connectivity index (χ1v) is 5.88. The molecule has 1 rings (SSSR count). The Morgan fingerprint density at radius 2 is 2.06 bits per heavy atom. The summed E-state index contributed by atoms with van der Waals surface area (Å²) in [5.41, 5.74) is 5.50. The number of carbonyl (C=O) groups excluding carboxylic acids is 1. The molecule has 2 nitrogen and oxygen atoms in total. The van der Waals surface area contributed by atoms with E-state index in [1.165, 1.54) is 12.1 Å². The molecular formula is C13H17ClFNO. The van der Waals surface area contributed by atoms with Crippen molar-refractivity contribution in [2.75, 3.05) is 6.54 Å². The van der Waals surface area contributed by atoms with Crippen molar-refractivity contribution in [2.45, 2.75) is 27.2 Å². The Labute approximate surface area is 106 Å². The lowest BCUT2D eigenvalue weighted by Gasteiger charge is -2.23. The van der Waals surface area contributed by atoms with Crippen LogP contribution in [-0.2, 0) is 0 Å². The maximum Gasteiger partial charge on any atom is 0.170 e. The second-order valence-electron chi connectivity index (χ2n) is 4.83. The second kappa shape index (κ2) is 5.15. The molecule has 0 unspecified atom stereocenters. The Hall–Kier alpha value is -0.930. The van der Waals surface area contributed by atoms with Gasteiger partial charge in [0.1, 0.15) is 5.82 Å². The first-order chi connectivity index (χ1) is 7.79. The molecule has 0 saturated carbocycles. The van der Waals surface area contributed by atoms with Crippen molar-refractivity contribution in [1.29, 1.82) is 0 Å². The van der Waals surface area contributed by atoms with Crippen LogP contribution < -0.4 is 5.73 Å². The van der Waals surface area contributed by atoms with Gasteiger partial charge in [0, 0.05) is 11.0 Å². The van der Waals surface area contributed by atoms with Gasteiger partial charge in [-0.3, -0.25) is 4.79 Å². The maximum absolute atomic E-state index is 13.5. The third kappa shape index (κ3) is 3.05. The number of hydrogen-bond acceptors (Lipinski definition) is 2. The van der Waals surface area contributed by atoms with Crippen LogP contribution in [0.4, 0.5) is 4.39 Å². The van der Waals surface area contributed by atoms with Crippen molar-refractivity contribution in [1.82, 2.24) is 0 Å². The van der Waals surface area contributed by atoms with Gasteiger partial charge in [-0.1, -0.05) is 25.4 Å². The number of benzene rings is 1. The zero-order chi connectivity index (χ0) is 13.2. The third-order valence-corrected chi connectivity index (χ3v) is 3.19. The van der Waals surface area contributed by atoms with Crippen LogP contribution in [0.15, 0.2) is 12.1 Å². The zero-order valence-corrected chi connectivity index (χ0v) is 11.1. The first kappa shape index (κ1) is 14.1. The van der Waals surface area contributed by atoms with Gasteiger partial charge in [-0.2, -0.15) is 0 Å². The summed E-state index contributed by atoms with van der Waals surface area (Å²) in [7, 11) is 0. The highest BCUT2D eigenvalue weighted by Gasteiger charge is 2.29. The number of Topliss-reactive ketones (excluding diaryl/α,β-unsaturated/α-hetero) is 1. The molecule has 0 aliphatic carbocycles. The van der Waals surface area contributed by atoms with Crippen molar-refractivity contribution in [3.05, 3.63) is 34.1 Å². The van der Waals surface area contributed by atoms with Crippen LogP contribution >= 0.6 is 11.6 Å². The summed E-state index contributed by atoms with van der Waals surface area (Å²) in [6, 6.07) is 2.68. The normalized spacial score (nSPS) is 11.6. The summed E-state index contributed by atoms with van der Waals surface area (Å²) in [4.78, 5) is 12.2. The number of halogens is 2. The first-order valence-electron chi connectivity index (χ1n) is 5.50. The molecule has 2 N–H and O–H groups in total. The highest BCUT2D eigenvalue weighted by Crippen LogP contribution is 2.30. The second-order valence-corrected chi connectivity index (χ2v) is 5.24. The molecule has 0 spiro atoms. The van der Waals surface area contributed by atoms with E-state index in [4.69, 9.17) is 17.3 Å². The van der Waals surface area contributed by atoms with Crippen molar-refractivity contribution in [3.63, 3.8) is 0 Å². The van der Waals surface area contributed by atoms with E-state index in [9.17, 15) is 9.18 Å². The minimum absolute atomic E-state index is 0.174. The minimum Gasteiger partial charge on any atom is -0.330 e. The van der Waals surface area contributed by atoms with Gasteiger partial charge in [-0.15, -0.1) is 0 Å². The molecule has 1 aromatic rings. The van der Waals surface area contributed by atoms with E-state index in [1.807, 2.05) is 0 Å². The molecule has 4 heteroatoms. The zero-order valence-electron chi connectivity index (χ0n) is 10.3. The fourth-order valence-corrected chi connectivity index (χ4v) is 1.96. The fourth-order valence-electron chi connectivity index (χ4n) is 1.66. The van der Waals surface area contributed by atoms with E-state index in [0.29, 0.717) is 23.6 Å². The summed E-state index contributed by atoms with van der Waals surface area (Å²) < 4.78 is 13.5. The average molecular weight is 258 g/mol. The van der Waals surface area contributed by atoms with Crippen molar-refractivity contribution in [3.8, 4) is 0 Å². The molecule has 0 radical (unpaired) electrons. The van der Waals surface area contributed by atoms with Crippen molar-refractivity contribution < 1.29 is 9.18 Å². The number of carbonyl (C=O) groups is 1. The standard InChI is InChI=1S/C13H17ClFNO/c1-8-6-10(14)9(7-11(8)15)12(17)13(2,3)4-5-16/h6-7H,4-5,16H2,1-3H3. The number of ketones is 1. The number of nitrogens with two attached hydrogens (primary N) is 1. The van der Waals surface area contributed by atoms with Crippen LogP contribution in [0.5, 0.6) is 0 Å². The smallest absolute Gasteiger partial charge is 0.170 e. The largest absolute Gasteiger partial charge is 0.330 e. The lowest BCUT2D eigenvalue weighted by Crippen LogP contribution is -2.27. The minimum atomic E-state index is -0.625. The molecule has 0 fully saturated rings. The highest BCUT2D eigenvalue weighted by atomic mass is 35.5. The quantitative estimate of drug-likeness (QED) is 0.841. The van der Waals surface area contributed by atoms with Crippen molar-refractivity contribution in [2.24, 2.45) is 11.1 Å². The van der Waals surface area contributed by atoms with Crippen LogP contribution in [0.3, 0.4) is 0 Å². The third-order valence-electron chi connectivity index (χ3n) is 2.88. The number of rotatable bonds is 4. The van der Waals surface area contributed by atoms with Gasteiger partial charge in [0.25, 0.3) is 0 Å². The van der Waals surface area contributed by atoms with Gasteiger partial charge < -0.3 is 5.73 Å². The van der Waals surface area contributed by atoms with Crippen LogP contribution in [0.2, 0.25) is 5.02 Å². The molecule has 0 bridgehead atoms. The molecule has 1 aromatic carbocycles. The predicted molar refractivity (Wildman–Crippen MR) is 67.9 cm³/mol. The Bertz CT molecular complexity index is 443. The molecule has 0 atom stereocenters. The van der Waals surface area contributed by atoms with Crippen LogP contribution in [0.25, 0.3) is 0 Å². The summed E-state index contributed by atoms with van der Waals surface area (Å²) >= 11 is 5.98. The summed E-state index contributed by atoms with van der Waals surface area (Å²) in [6.45, 7) is 5.60. The Morgan fingerprint density at radius 1 is 1.47 bits per heavy atom. The lowest BCUT2D eigenvalue weighted by atomic mass is 9.81. The van der Waals surface area contributed by atoms with Gasteiger partial charge in [-0.25, -0.2) is 4.39 Å². The predicted octanol–water partition coefficient (Wildman–Crippen LogP) is 3.35. The number of hydrogen-bond donors (Lipinski definition) is 1. The summed E-state index contributed by atoms with van der Waals surface area (Å²) in [6.07, 6.45) is 0.539. The molecule has 0 aliphatic heterocycles.